The number of hydrogen-bond acceptors (Lipinski definition) is 4. The smallest absolute Gasteiger partial charge is 0.266 e. The molecule has 3 heterocycles. The van der Waals surface area contributed by atoms with Gasteiger partial charge in [0.25, 0.3) is 5.56 Å². The molecule has 4 rings (SSSR count). The summed E-state index contributed by atoms with van der Waals surface area (Å²) in [5.74, 6) is 1.45. The maximum Gasteiger partial charge on any atom is 0.266 e. The van der Waals surface area contributed by atoms with Crippen LogP contribution in [0.2, 0.25) is 0 Å². The molecule has 2 aromatic rings. The molecule has 1 atom stereocenters. The third kappa shape index (κ3) is 4.02. The standard InChI is InChI=1S/C20H25N5O2/c26-19-8-7-18(24-12-4-11-21-24)22-25(19)15-16-9-13-23(14-10-16)20(27)17-5-2-1-3-6-17/h1-2,4,7-8,11-12,16-17H,3,5-6,9-10,13-15H2. The Bertz CT molecular complexity index is 863. The molecular weight excluding hydrogens is 342 g/mol. The number of hydrogen-bond donors (Lipinski definition) is 0. The van der Waals surface area contributed by atoms with Crippen LogP contribution < -0.4 is 5.56 Å². The van der Waals surface area contributed by atoms with Crippen LogP contribution in [0.4, 0.5) is 0 Å². The Morgan fingerprint density at radius 1 is 1.15 bits per heavy atom. The molecule has 7 nitrogen and oxygen atoms in total. The van der Waals surface area contributed by atoms with Crippen molar-refractivity contribution in [2.75, 3.05) is 13.1 Å². The van der Waals surface area contributed by atoms with Gasteiger partial charge in [-0.25, -0.2) is 9.36 Å². The minimum atomic E-state index is -0.0987. The second-order valence-corrected chi connectivity index (χ2v) is 7.41. The van der Waals surface area contributed by atoms with E-state index in [9.17, 15) is 9.59 Å². The van der Waals surface area contributed by atoms with Gasteiger partial charge in [-0.1, -0.05) is 12.2 Å². The van der Waals surface area contributed by atoms with Crippen LogP contribution in [0.3, 0.4) is 0 Å². The SMILES string of the molecule is O=C(C1CC=CCC1)N1CCC(Cn2nc(-n3cccn3)ccc2=O)CC1. The van der Waals surface area contributed by atoms with Gasteiger partial charge in [0.05, 0.1) is 0 Å². The molecule has 27 heavy (non-hydrogen) atoms. The number of amides is 1. The number of piperidine rings is 1. The van der Waals surface area contributed by atoms with E-state index in [1.165, 1.54) is 4.68 Å². The average Bonchev–Trinajstić information content (AvgIpc) is 3.25. The normalized spacial score (nSPS) is 20.7. The van der Waals surface area contributed by atoms with Gasteiger partial charge in [-0.05, 0) is 50.2 Å². The number of aromatic nitrogens is 4. The lowest BCUT2D eigenvalue weighted by atomic mass is 9.91. The van der Waals surface area contributed by atoms with Crippen molar-refractivity contribution in [1.82, 2.24) is 24.5 Å². The summed E-state index contributed by atoms with van der Waals surface area (Å²) in [4.78, 5) is 26.9. The molecule has 2 aromatic heterocycles. The average molecular weight is 367 g/mol. The molecule has 7 heteroatoms. The zero-order valence-electron chi connectivity index (χ0n) is 15.4. The van der Waals surface area contributed by atoms with E-state index in [1.54, 1.807) is 23.0 Å². The minimum Gasteiger partial charge on any atom is -0.342 e. The van der Waals surface area contributed by atoms with Crippen molar-refractivity contribution in [3.8, 4) is 5.82 Å². The quantitative estimate of drug-likeness (QED) is 0.775. The van der Waals surface area contributed by atoms with Crippen molar-refractivity contribution in [2.24, 2.45) is 11.8 Å². The Morgan fingerprint density at radius 2 is 2.00 bits per heavy atom. The summed E-state index contributed by atoms with van der Waals surface area (Å²) >= 11 is 0. The molecule has 142 valence electrons. The number of likely N-dealkylation sites (tertiary alicyclic amines) is 1. The molecule has 1 saturated heterocycles. The fourth-order valence-electron chi connectivity index (χ4n) is 3.95. The lowest BCUT2D eigenvalue weighted by molar-refractivity contribution is -0.137. The van der Waals surface area contributed by atoms with Gasteiger partial charge in [0.1, 0.15) is 0 Å². The Labute approximate surface area is 158 Å². The summed E-state index contributed by atoms with van der Waals surface area (Å²) in [6.07, 6.45) is 12.5. The number of nitrogens with zero attached hydrogens (tertiary/aromatic N) is 5. The van der Waals surface area contributed by atoms with Crippen LogP contribution >= 0.6 is 0 Å². The number of carbonyl (C=O) groups is 1. The molecule has 0 aromatic carbocycles. The molecule has 0 radical (unpaired) electrons. The van der Waals surface area contributed by atoms with Crippen LogP contribution in [-0.2, 0) is 11.3 Å². The summed E-state index contributed by atoms with van der Waals surface area (Å²) in [5, 5.41) is 8.62. The van der Waals surface area contributed by atoms with Crippen LogP contribution in [0, 0.1) is 11.8 Å². The predicted molar refractivity (Wildman–Crippen MR) is 101 cm³/mol. The van der Waals surface area contributed by atoms with E-state index in [2.05, 4.69) is 22.3 Å². The van der Waals surface area contributed by atoms with Crippen LogP contribution in [0.1, 0.15) is 32.1 Å². The molecule has 0 bridgehead atoms. The second kappa shape index (κ2) is 7.90. The van der Waals surface area contributed by atoms with E-state index in [4.69, 9.17) is 0 Å². The number of carbonyl (C=O) groups excluding carboxylic acids is 1. The van der Waals surface area contributed by atoms with E-state index < -0.39 is 0 Å². The fourth-order valence-corrected chi connectivity index (χ4v) is 3.95. The summed E-state index contributed by atoms with van der Waals surface area (Å²) in [6.45, 7) is 2.14. The highest BCUT2D eigenvalue weighted by molar-refractivity contribution is 5.79. The van der Waals surface area contributed by atoms with Crippen molar-refractivity contribution in [3.05, 3.63) is 53.1 Å². The Morgan fingerprint density at radius 3 is 2.70 bits per heavy atom. The lowest BCUT2D eigenvalue weighted by Gasteiger charge is -2.34. The predicted octanol–water partition coefficient (Wildman–Crippen LogP) is 2.02. The first-order valence-corrected chi connectivity index (χ1v) is 9.72. The molecule has 1 fully saturated rings. The summed E-state index contributed by atoms with van der Waals surface area (Å²) in [5.41, 5.74) is -0.0987. The summed E-state index contributed by atoms with van der Waals surface area (Å²) < 4.78 is 3.18. The van der Waals surface area contributed by atoms with Crippen LogP contribution in [0.15, 0.2) is 47.5 Å². The zero-order chi connectivity index (χ0) is 18.6. The van der Waals surface area contributed by atoms with Crippen molar-refractivity contribution in [3.63, 3.8) is 0 Å². The Hall–Kier alpha value is -2.70. The van der Waals surface area contributed by atoms with Crippen molar-refractivity contribution >= 4 is 5.91 Å². The lowest BCUT2D eigenvalue weighted by Crippen LogP contribution is -2.43. The van der Waals surface area contributed by atoms with Gasteiger partial charge in [-0.2, -0.15) is 5.10 Å². The van der Waals surface area contributed by atoms with Crippen molar-refractivity contribution in [2.45, 2.75) is 38.6 Å². The van der Waals surface area contributed by atoms with Gasteiger partial charge in [-0.3, -0.25) is 9.59 Å². The molecular formula is C20H25N5O2. The van der Waals surface area contributed by atoms with Gasteiger partial charge in [0.15, 0.2) is 5.82 Å². The van der Waals surface area contributed by atoms with Gasteiger partial charge in [-0.15, -0.1) is 5.10 Å². The highest BCUT2D eigenvalue weighted by Crippen LogP contribution is 2.24. The Balaban J connectivity index is 1.37. The van der Waals surface area contributed by atoms with Gasteiger partial charge in [0.2, 0.25) is 5.91 Å². The molecule has 1 aliphatic heterocycles. The molecule has 2 aliphatic rings. The maximum atomic E-state index is 12.7. The molecule has 1 amide bonds. The highest BCUT2D eigenvalue weighted by atomic mass is 16.2. The Kier molecular flexibility index (Phi) is 5.18. The summed E-state index contributed by atoms with van der Waals surface area (Å²) in [7, 11) is 0. The van der Waals surface area contributed by atoms with E-state index in [-0.39, 0.29) is 11.5 Å². The van der Waals surface area contributed by atoms with Gasteiger partial charge in [0, 0.05) is 44.0 Å². The molecule has 0 spiro atoms. The second-order valence-electron chi connectivity index (χ2n) is 7.41. The fraction of sp³-hybridized carbons (Fsp3) is 0.500. The zero-order valence-corrected chi connectivity index (χ0v) is 15.4. The first-order valence-electron chi connectivity index (χ1n) is 9.72. The summed E-state index contributed by atoms with van der Waals surface area (Å²) in [6, 6.07) is 5.05. The topological polar surface area (TPSA) is 73.0 Å². The van der Waals surface area contributed by atoms with E-state index in [0.717, 1.165) is 45.2 Å². The minimum absolute atomic E-state index is 0.0987. The molecule has 0 saturated carbocycles. The molecule has 1 aliphatic carbocycles. The number of allylic oxidation sites excluding steroid dienone is 2. The number of rotatable bonds is 4. The third-order valence-corrected chi connectivity index (χ3v) is 5.57. The monoisotopic (exact) mass is 367 g/mol. The highest BCUT2D eigenvalue weighted by Gasteiger charge is 2.28. The maximum absolute atomic E-state index is 12.7. The van der Waals surface area contributed by atoms with Gasteiger partial charge >= 0.3 is 0 Å². The van der Waals surface area contributed by atoms with Crippen LogP contribution in [0.25, 0.3) is 5.82 Å². The first kappa shape index (κ1) is 17.7. The van der Waals surface area contributed by atoms with Crippen molar-refractivity contribution in [1.29, 1.82) is 0 Å². The van der Waals surface area contributed by atoms with E-state index in [0.29, 0.717) is 24.2 Å². The largest absolute Gasteiger partial charge is 0.342 e. The van der Waals surface area contributed by atoms with Crippen molar-refractivity contribution < 1.29 is 4.79 Å². The molecule has 0 N–H and O–H groups in total. The molecule has 1 unspecified atom stereocenters. The van der Waals surface area contributed by atoms with E-state index >= 15 is 0 Å². The third-order valence-electron chi connectivity index (χ3n) is 5.57. The van der Waals surface area contributed by atoms with Gasteiger partial charge < -0.3 is 4.90 Å². The van der Waals surface area contributed by atoms with Crippen LogP contribution in [0.5, 0.6) is 0 Å². The van der Waals surface area contributed by atoms with E-state index in [1.807, 2.05) is 17.2 Å². The van der Waals surface area contributed by atoms with Crippen LogP contribution in [-0.4, -0.2) is 43.5 Å². The first-order chi connectivity index (χ1) is 13.2.